The van der Waals surface area contributed by atoms with Crippen molar-refractivity contribution in [1.82, 2.24) is 10.2 Å². The maximum Gasteiger partial charge on any atom is 0.0697 e. The Kier molecular flexibility index (Phi) is 2.45. The fourth-order valence-corrected chi connectivity index (χ4v) is 3.17. The van der Waals surface area contributed by atoms with Crippen molar-refractivity contribution in [2.24, 2.45) is 5.92 Å². The third kappa shape index (κ3) is 1.64. The van der Waals surface area contributed by atoms with Gasteiger partial charge >= 0.3 is 0 Å². The van der Waals surface area contributed by atoms with Gasteiger partial charge < -0.3 is 0 Å². The largest absolute Gasteiger partial charge is 0.155 e. The standard InChI is InChI=1S/C14H20N2/c1-9(2)3-6-12-8-13-10-4-5-11(7-10)14(13)16-15-12/h8-11H,3-7H2,1-2H3. The molecule has 0 amide bonds. The average Bonchev–Trinajstić information content (AvgIpc) is 2.87. The number of hydrogen-bond acceptors (Lipinski definition) is 2. The van der Waals surface area contributed by atoms with Gasteiger partial charge in [-0.3, -0.25) is 0 Å². The molecule has 16 heavy (non-hydrogen) atoms. The van der Waals surface area contributed by atoms with Crippen LogP contribution in [0.25, 0.3) is 0 Å². The van der Waals surface area contributed by atoms with Gasteiger partial charge in [-0.2, -0.15) is 10.2 Å². The first kappa shape index (κ1) is 10.2. The smallest absolute Gasteiger partial charge is 0.0697 e. The van der Waals surface area contributed by atoms with Crippen molar-refractivity contribution in [3.05, 3.63) is 23.0 Å². The number of nitrogens with zero attached hydrogens (tertiary/aromatic N) is 2. The molecule has 1 heterocycles. The second-order valence-electron chi connectivity index (χ2n) is 5.82. The highest BCUT2D eigenvalue weighted by Gasteiger charge is 2.38. The minimum absolute atomic E-state index is 0.742. The van der Waals surface area contributed by atoms with Gasteiger partial charge in [0.1, 0.15) is 0 Å². The fourth-order valence-electron chi connectivity index (χ4n) is 3.17. The lowest BCUT2D eigenvalue weighted by molar-refractivity contribution is 0.574. The Bertz CT molecular complexity index is 398. The predicted octanol–water partition coefficient (Wildman–Crippen LogP) is 3.43. The van der Waals surface area contributed by atoms with Crippen LogP contribution in [-0.2, 0) is 6.42 Å². The summed E-state index contributed by atoms with van der Waals surface area (Å²) in [5, 5.41) is 8.86. The van der Waals surface area contributed by atoms with Crippen molar-refractivity contribution in [2.45, 2.75) is 57.8 Å². The van der Waals surface area contributed by atoms with E-state index in [1.807, 2.05) is 0 Å². The molecular weight excluding hydrogens is 196 g/mol. The molecule has 2 aliphatic rings. The van der Waals surface area contributed by atoms with Crippen LogP contribution >= 0.6 is 0 Å². The second-order valence-corrected chi connectivity index (χ2v) is 5.82. The predicted molar refractivity (Wildman–Crippen MR) is 64.5 cm³/mol. The molecule has 2 atom stereocenters. The summed E-state index contributed by atoms with van der Waals surface area (Å²) in [6, 6.07) is 2.34. The highest BCUT2D eigenvalue weighted by atomic mass is 15.1. The molecule has 0 spiro atoms. The van der Waals surface area contributed by atoms with Crippen molar-refractivity contribution in [1.29, 1.82) is 0 Å². The molecule has 0 N–H and O–H groups in total. The van der Waals surface area contributed by atoms with Crippen LogP contribution in [0.2, 0.25) is 0 Å². The van der Waals surface area contributed by atoms with E-state index in [0.717, 1.165) is 24.2 Å². The second kappa shape index (κ2) is 3.83. The third-order valence-electron chi connectivity index (χ3n) is 4.14. The van der Waals surface area contributed by atoms with Crippen molar-refractivity contribution in [3.8, 4) is 0 Å². The minimum Gasteiger partial charge on any atom is -0.155 e. The zero-order valence-corrected chi connectivity index (χ0v) is 10.2. The lowest BCUT2D eigenvalue weighted by atomic mass is 9.95. The van der Waals surface area contributed by atoms with E-state index >= 15 is 0 Å². The van der Waals surface area contributed by atoms with E-state index < -0.39 is 0 Å². The molecule has 0 aliphatic heterocycles. The quantitative estimate of drug-likeness (QED) is 0.773. The molecule has 0 radical (unpaired) electrons. The summed E-state index contributed by atoms with van der Waals surface area (Å²) in [6.45, 7) is 4.53. The lowest BCUT2D eigenvalue weighted by Gasteiger charge is -2.14. The molecule has 2 unspecified atom stereocenters. The van der Waals surface area contributed by atoms with Crippen LogP contribution in [0.5, 0.6) is 0 Å². The van der Waals surface area contributed by atoms with Gasteiger partial charge in [-0.15, -0.1) is 0 Å². The zero-order valence-electron chi connectivity index (χ0n) is 10.2. The molecule has 0 saturated heterocycles. The molecule has 3 rings (SSSR count). The topological polar surface area (TPSA) is 25.8 Å². The third-order valence-corrected chi connectivity index (χ3v) is 4.14. The van der Waals surface area contributed by atoms with Crippen LogP contribution in [0, 0.1) is 5.92 Å². The molecule has 2 bridgehead atoms. The van der Waals surface area contributed by atoms with Crippen LogP contribution in [0.3, 0.4) is 0 Å². The Labute approximate surface area is 97.5 Å². The van der Waals surface area contributed by atoms with Crippen LogP contribution in [-0.4, -0.2) is 10.2 Å². The highest BCUT2D eigenvalue weighted by molar-refractivity contribution is 5.36. The fraction of sp³-hybridized carbons (Fsp3) is 0.714. The van der Waals surface area contributed by atoms with Gasteiger partial charge in [0, 0.05) is 5.92 Å². The van der Waals surface area contributed by atoms with Gasteiger partial charge in [0.25, 0.3) is 0 Å². The van der Waals surface area contributed by atoms with Crippen LogP contribution < -0.4 is 0 Å². The van der Waals surface area contributed by atoms with Crippen molar-refractivity contribution >= 4 is 0 Å². The van der Waals surface area contributed by atoms with E-state index in [2.05, 4.69) is 30.1 Å². The number of aryl methyl sites for hydroxylation is 1. The van der Waals surface area contributed by atoms with Crippen molar-refractivity contribution in [2.75, 3.05) is 0 Å². The van der Waals surface area contributed by atoms with Gasteiger partial charge in [-0.1, -0.05) is 13.8 Å². The van der Waals surface area contributed by atoms with E-state index in [1.165, 1.54) is 42.6 Å². The number of rotatable bonds is 3. The highest BCUT2D eigenvalue weighted by Crippen LogP contribution is 2.51. The first-order valence-corrected chi connectivity index (χ1v) is 6.60. The molecule has 1 saturated carbocycles. The molecule has 0 aromatic carbocycles. The van der Waals surface area contributed by atoms with Crippen LogP contribution in [0.4, 0.5) is 0 Å². The Morgan fingerprint density at radius 2 is 2.06 bits per heavy atom. The van der Waals surface area contributed by atoms with Gasteiger partial charge in [0.05, 0.1) is 11.4 Å². The molecule has 1 aromatic heterocycles. The molecule has 2 heteroatoms. The molecular formula is C14H20N2. The molecule has 1 aromatic rings. The monoisotopic (exact) mass is 216 g/mol. The average molecular weight is 216 g/mol. The summed E-state index contributed by atoms with van der Waals surface area (Å²) < 4.78 is 0. The number of hydrogen-bond donors (Lipinski definition) is 0. The van der Waals surface area contributed by atoms with Gasteiger partial charge in [-0.25, -0.2) is 0 Å². The Morgan fingerprint density at radius 3 is 2.88 bits per heavy atom. The van der Waals surface area contributed by atoms with Gasteiger partial charge in [0.15, 0.2) is 0 Å². The van der Waals surface area contributed by atoms with Crippen LogP contribution in [0.15, 0.2) is 6.07 Å². The summed E-state index contributed by atoms with van der Waals surface area (Å²) >= 11 is 0. The van der Waals surface area contributed by atoms with Crippen LogP contribution in [0.1, 0.15) is 68.3 Å². The van der Waals surface area contributed by atoms with E-state index in [0.29, 0.717) is 0 Å². The Hall–Kier alpha value is -0.920. The normalized spacial score (nSPS) is 26.4. The maximum atomic E-state index is 4.47. The number of fused-ring (bicyclic) bond motifs is 5. The number of aromatic nitrogens is 2. The summed E-state index contributed by atoms with van der Waals surface area (Å²) in [5.74, 6) is 2.31. The minimum atomic E-state index is 0.742. The summed E-state index contributed by atoms with van der Waals surface area (Å²) in [4.78, 5) is 0. The molecule has 1 fully saturated rings. The summed E-state index contributed by atoms with van der Waals surface area (Å²) in [7, 11) is 0. The lowest BCUT2D eigenvalue weighted by Crippen LogP contribution is -2.06. The van der Waals surface area contributed by atoms with Crippen molar-refractivity contribution < 1.29 is 0 Å². The first-order chi connectivity index (χ1) is 7.74. The van der Waals surface area contributed by atoms with E-state index in [1.54, 1.807) is 0 Å². The first-order valence-electron chi connectivity index (χ1n) is 6.60. The molecule has 86 valence electrons. The maximum absolute atomic E-state index is 4.47. The molecule has 2 aliphatic carbocycles. The van der Waals surface area contributed by atoms with E-state index in [-0.39, 0.29) is 0 Å². The van der Waals surface area contributed by atoms with Gasteiger partial charge in [0.2, 0.25) is 0 Å². The summed E-state index contributed by atoms with van der Waals surface area (Å²) in [6.07, 6.45) is 6.39. The van der Waals surface area contributed by atoms with E-state index in [9.17, 15) is 0 Å². The Morgan fingerprint density at radius 1 is 1.25 bits per heavy atom. The zero-order chi connectivity index (χ0) is 11.1. The van der Waals surface area contributed by atoms with Crippen molar-refractivity contribution in [3.63, 3.8) is 0 Å². The SMILES string of the molecule is CC(C)CCc1cc2c(nn1)C1CCC2C1. The van der Waals surface area contributed by atoms with E-state index in [4.69, 9.17) is 0 Å². The van der Waals surface area contributed by atoms with Gasteiger partial charge in [-0.05, 0) is 55.6 Å². The summed E-state index contributed by atoms with van der Waals surface area (Å²) in [5.41, 5.74) is 4.06. The molecule has 2 nitrogen and oxygen atoms in total. The Balaban J connectivity index is 1.81.